The van der Waals surface area contributed by atoms with Crippen LogP contribution in [0.2, 0.25) is 0 Å². The third kappa shape index (κ3) is 3.59. The van der Waals surface area contributed by atoms with Gasteiger partial charge in [-0.3, -0.25) is 9.59 Å². The fraction of sp³-hybridized carbons (Fsp3) is 0.636. The molecule has 2 amide bonds. The van der Waals surface area contributed by atoms with Crippen LogP contribution in [0.25, 0.3) is 10.2 Å². The normalized spacial score (nSPS) is 28.5. The molecular weight excluding hydrogens is 370 g/mol. The first-order valence-corrected chi connectivity index (χ1v) is 11.5. The zero-order chi connectivity index (χ0) is 19.8. The second-order valence-electron chi connectivity index (χ2n) is 8.73. The second kappa shape index (κ2) is 7.90. The maximum Gasteiger partial charge on any atom is 0.270 e. The number of rotatable bonds is 3. The van der Waals surface area contributed by atoms with Crippen LogP contribution >= 0.6 is 11.3 Å². The molecule has 28 heavy (non-hydrogen) atoms. The number of amides is 2. The Kier molecular flexibility index (Phi) is 5.50. The molecule has 6 heteroatoms. The quantitative estimate of drug-likeness (QED) is 0.844. The Labute approximate surface area is 171 Å². The Morgan fingerprint density at radius 2 is 2.00 bits per heavy atom. The first kappa shape index (κ1) is 19.5. The highest BCUT2D eigenvalue weighted by Crippen LogP contribution is 2.30. The van der Waals surface area contributed by atoms with Crippen LogP contribution < -0.4 is 5.32 Å². The molecule has 2 aromatic heterocycles. The Bertz CT molecular complexity index is 870. The van der Waals surface area contributed by atoms with Gasteiger partial charge in [-0.2, -0.15) is 0 Å². The van der Waals surface area contributed by atoms with Gasteiger partial charge in [0.2, 0.25) is 5.91 Å². The maximum atomic E-state index is 13.1. The molecule has 5 nitrogen and oxygen atoms in total. The van der Waals surface area contributed by atoms with Gasteiger partial charge in [-0.15, -0.1) is 11.3 Å². The Morgan fingerprint density at radius 1 is 1.18 bits per heavy atom. The van der Waals surface area contributed by atoms with E-state index in [-0.39, 0.29) is 23.8 Å². The van der Waals surface area contributed by atoms with Gasteiger partial charge in [0.05, 0.1) is 16.1 Å². The van der Waals surface area contributed by atoms with E-state index in [9.17, 15) is 9.59 Å². The SMILES string of the molecule is C[C@@H]1[C@H](C)CCC[C@@H]1NC(=O)[C@@H]1CCCN(C(=O)c2cc3sccc3n2C)C1. The standard InChI is InChI=1S/C22H31N3O2S/c1-14-6-4-8-17(15(14)2)23-21(26)16-7-5-10-25(13-16)22(27)19-12-20-18(24(19)3)9-11-28-20/h9,11-12,14-17H,4-8,10,13H2,1-3H3,(H,23,26)/t14-,15-,16-,17+/m1/s1. The molecule has 1 aliphatic heterocycles. The monoisotopic (exact) mass is 401 g/mol. The van der Waals surface area contributed by atoms with Crippen LogP contribution in [0.5, 0.6) is 0 Å². The summed E-state index contributed by atoms with van der Waals surface area (Å²) in [5, 5.41) is 5.37. The van der Waals surface area contributed by atoms with Gasteiger partial charge in [0.15, 0.2) is 0 Å². The molecule has 0 spiro atoms. The van der Waals surface area contributed by atoms with E-state index in [1.807, 2.05) is 28.0 Å². The molecular formula is C22H31N3O2S. The molecule has 1 N–H and O–H groups in total. The van der Waals surface area contributed by atoms with E-state index in [1.54, 1.807) is 11.3 Å². The molecule has 0 unspecified atom stereocenters. The van der Waals surface area contributed by atoms with Crippen LogP contribution in [0, 0.1) is 17.8 Å². The van der Waals surface area contributed by atoms with Gasteiger partial charge in [0.1, 0.15) is 5.69 Å². The highest BCUT2D eigenvalue weighted by molar-refractivity contribution is 7.17. The average molecular weight is 402 g/mol. The van der Waals surface area contributed by atoms with Gasteiger partial charge in [0, 0.05) is 26.2 Å². The van der Waals surface area contributed by atoms with Crippen molar-refractivity contribution in [3.63, 3.8) is 0 Å². The van der Waals surface area contributed by atoms with Crippen molar-refractivity contribution in [1.29, 1.82) is 0 Å². The molecule has 1 aliphatic carbocycles. The molecule has 1 saturated heterocycles. The number of likely N-dealkylation sites (tertiary alicyclic amines) is 1. The molecule has 3 heterocycles. The molecule has 0 aromatic carbocycles. The van der Waals surface area contributed by atoms with Crippen LogP contribution in [0.3, 0.4) is 0 Å². The smallest absolute Gasteiger partial charge is 0.270 e. The van der Waals surface area contributed by atoms with E-state index < -0.39 is 0 Å². The minimum atomic E-state index is -0.0940. The predicted molar refractivity (Wildman–Crippen MR) is 114 cm³/mol. The van der Waals surface area contributed by atoms with Gasteiger partial charge < -0.3 is 14.8 Å². The number of carbonyl (C=O) groups is 2. The number of thiophene rings is 1. The summed E-state index contributed by atoms with van der Waals surface area (Å²) in [4.78, 5) is 27.9. The van der Waals surface area contributed by atoms with Crippen molar-refractivity contribution in [2.24, 2.45) is 24.8 Å². The number of nitrogens with one attached hydrogen (secondary N) is 1. The van der Waals surface area contributed by atoms with Gasteiger partial charge in [0.25, 0.3) is 5.91 Å². The summed E-state index contributed by atoms with van der Waals surface area (Å²) in [6.07, 6.45) is 5.28. The fourth-order valence-electron chi connectivity index (χ4n) is 4.88. The van der Waals surface area contributed by atoms with Crippen LogP contribution in [-0.2, 0) is 11.8 Å². The summed E-state index contributed by atoms with van der Waals surface area (Å²) < 4.78 is 3.11. The minimum Gasteiger partial charge on any atom is -0.353 e. The third-order valence-corrected chi connectivity index (χ3v) is 7.85. The lowest BCUT2D eigenvalue weighted by atomic mass is 9.78. The summed E-state index contributed by atoms with van der Waals surface area (Å²) in [5.41, 5.74) is 1.82. The predicted octanol–water partition coefficient (Wildman–Crippen LogP) is 4.03. The lowest BCUT2D eigenvalue weighted by Crippen LogP contribution is -2.50. The number of fused-ring (bicyclic) bond motifs is 1. The van der Waals surface area contributed by atoms with Gasteiger partial charge >= 0.3 is 0 Å². The van der Waals surface area contributed by atoms with Crippen LogP contribution in [0.1, 0.15) is 56.4 Å². The zero-order valence-electron chi connectivity index (χ0n) is 17.1. The zero-order valence-corrected chi connectivity index (χ0v) is 17.9. The molecule has 0 radical (unpaired) electrons. The topological polar surface area (TPSA) is 54.3 Å². The number of hydrogen-bond donors (Lipinski definition) is 1. The molecule has 4 atom stereocenters. The van der Waals surface area contributed by atoms with Crippen molar-refractivity contribution >= 4 is 33.4 Å². The van der Waals surface area contributed by atoms with E-state index in [2.05, 4.69) is 25.2 Å². The van der Waals surface area contributed by atoms with Gasteiger partial charge in [-0.05, 0) is 48.6 Å². The third-order valence-electron chi connectivity index (χ3n) is 7.00. The second-order valence-corrected chi connectivity index (χ2v) is 9.68. The minimum absolute atomic E-state index is 0.0445. The number of piperidine rings is 1. The lowest BCUT2D eigenvalue weighted by Gasteiger charge is -2.37. The number of aromatic nitrogens is 1. The molecule has 152 valence electrons. The summed E-state index contributed by atoms with van der Waals surface area (Å²) >= 11 is 1.66. The molecule has 2 aromatic rings. The van der Waals surface area contributed by atoms with E-state index in [1.165, 1.54) is 12.8 Å². The average Bonchev–Trinajstić information content (AvgIpc) is 3.28. The van der Waals surface area contributed by atoms with E-state index in [4.69, 9.17) is 0 Å². The summed E-state index contributed by atoms with van der Waals surface area (Å²) in [6.45, 7) is 5.81. The summed E-state index contributed by atoms with van der Waals surface area (Å²) in [7, 11) is 1.95. The molecule has 0 bridgehead atoms. The van der Waals surface area contributed by atoms with Crippen molar-refractivity contribution in [3.8, 4) is 0 Å². The first-order valence-electron chi connectivity index (χ1n) is 10.6. The summed E-state index contributed by atoms with van der Waals surface area (Å²) in [5.74, 6) is 1.27. The van der Waals surface area contributed by atoms with Crippen molar-refractivity contribution in [3.05, 3.63) is 23.2 Å². The fourth-order valence-corrected chi connectivity index (χ4v) is 5.73. The van der Waals surface area contributed by atoms with Crippen LogP contribution in [0.4, 0.5) is 0 Å². The Morgan fingerprint density at radius 3 is 2.79 bits per heavy atom. The van der Waals surface area contributed by atoms with Crippen molar-refractivity contribution in [2.45, 2.75) is 52.0 Å². The molecule has 1 saturated carbocycles. The van der Waals surface area contributed by atoms with E-state index >= 15 is 0 Å². The number of nitrogens with zero attached hydrogens (tertiary/aromatic N) is 2. The highest BCUT2D eigenvalue weighted by Gasteiger charge is 2.33. The maximum absolute atomic E-state index is 13.1. The van der Waals surface area contributed by atoms with Crippen molar-refractivity contribution < 1.29 is 9.59 Å². The molecule has 2 fully saturated rings. The van der Waals surface area contributed by atoms with Crippen molar-refractivity contribution in [2.75, 3.05) is 13.1 Å². The van der Waals surface area contributed by atoms with E-state index in [0.717, 1.165) is 41.7 Å². The first-order chi connectivity index (χ1) is 13.5. The van der Waals surface area contributed by atoms with E-state index in [0.29, 0.717) is 18.4 Å². The summed E-state index contributed by atoms with van der Waals surface area (Å²) in [6, 6.07) is 4.31. The van der Waals surface area contributed by atoms with Crippen LogP contribution in [-0.4, -0.2) is 40.4 Å². The van der Waals surface area contributed by atoms with Crippen molar-refractivity contribution in [1.82, 2.24) is 14.8 Å². The highest BCUT2D eigenvalue weighted by atomic mass is 32.1. The lowest BCUT2D eigenvalue weighted by molar-refractivity contribution is -0.127. The van der Waals surface area contributed by atoms with Gasteiger partial charge in [-0.1, -0.05) is 26.7 Å². The van der Waals surface area contributed by atoms with Crippen LogP contribution in [0.15, 0.2) is 17.5 Å². The number of hydrogen-bond acceptors (Lipinski definition) is 3. The molecule has 2 aliphatic rings. The molecule has 4 rings (SSSR count). The Hall–Kier alpha value is -1.82. The number of aryl methyl sites for hydroxylation is 1. The van der Waals surface area contributed by atoms with Gasteiger partial charge in [-0.25, -0.2) is 0 Å². The largest absolute Gasteiger partial charge is 0.353 e. The number of carbonyl (C=O) groups excluding carboxylic acids is 2. The Balaban J connectivity index is 1.42.